The van der Waals surface area contributed by atoms with E-state index >= 15 is 0 Å². The number of carbonyl (C=O) groups excluding carboxylic acids is 1. The Hall–Kier alpha value is -2.27. The molecule has 0 saturated carbocycles. The topological polar surface area (TPSA) is 38.3 Å². The van der Waals surface area contributed by atoms with Crippen molar-refractivity contribution in [3.8, 4) is 0 Å². The minimum atomic E-state index is -2.58. The fourth-order valence-corrected chi connectivity index (χ4v) is 3.20. The van der Waals surface area contributed by atoms with E-state index < -0.39 is 6.43 Å². The first kappa shape index (κ1) is 17.5. The van der Waals surface area contributed by atoms with Crippen LogP contribution in [-0.4, -0.2) is 19.1 Å². The van der Waals surface area contributed by atoms with E-state index in [1.165, 1.54) is 18.2 Å². The Labute approximate surface area is 146 Å². The molecular weight excluding hydrogens is 324 g/mol. The third-order valence-electron chi connectivity index (χ3n) is 4.50. The van der Waals surface area contributed by atoms with Gasteiger partial charge in [-0.3, -0.25) is 4.79 Å². The molecule has 25 heavy (non-hydrogen) atoms. The zero-order valence-corrected chi connectivity index (χ0v) is 13.8. The Balaban J connectivity index is 1.65. The fraction of sp³-hybridized carbons (Fsp3) is 0.350. The number of nitrogens with one attached hydrogen (secondary N) is 1. The highest BCUT2D eigenvalue weighted by Crippen LogP contribution is 2.33. The molecular formula is C20H21F2NO2. The number of benzene rings is 2. The number of alkyl halides is 2. The van der Waals surface area contributed by atoms with Crippen molar-refractivity contribution >= 4 is 5.91 Å². The van der Waals surface area contributed by atoms with Crippen LogP contribution in [0.2, 0.25) is 0 Å². The third-order valence-corrected chi connectivity index (χ3v) is 4.50. The maximum atomic E-state index is 12.8. The van der Waals surface area contributed by atoms with Gasteiger partial charge in [-0.25, -0.2) is 8.78 Å². The molecule has 1 amide bonds. The molecule has 2 aromatic carbocycles. The standard InChI is InChI=1S/C20H21F2NO2/c21-19(22)15-8-4-9-16(12-15)20(24)23-13-17-10-5-11-25-18(17)14-6-2-1-3-7-14/h1-4,6-9,12,17-19H,5,10-11,13H2,(H,23,24)/t17-,18+/m1/s1. The van der Waals surface area contributed by atoms with E-state index in [2.05, 4.69) is 5.32 Å². The molecule has 1 heterocycles. The van der Waals surface area contributed by atoms with Crippen LogP contribution in [0.25, 0.3) is 0 Å². The Morgan fingerprint density at radius 2 is 1.96 bits per heavy atom. The SMILES string of the molecule is O=C(NC[C@H]1CCCO[C@H]1c1ccccc1)c1cccc(C(F)F)c1. The summed E-state index contributed by atoms with van der Waals surface area (Å²) in [6, 6.07) is 15.5. The fourth-order valence-electron chi connectivity index (χ4n) is 3.20. The van der Waals surface area contributed by atoms with Crippen molar-refractivity contribution in [1.82, 2.24) is 5.32 Å². The van der Waals surface area contributed by atoms with Crippen molar-refractivity contribution in [1.29, 1.82) is 0 Å². The molecule has 5 heteroatoms. The van der Waals surface area contributed by atoms with Gasteiger partial charge in [0.25, 0.3) is 12.3 Å². The second kappa shape index (κ2) is 8.21. The van der Waals surface area contributed by atoms with E-state index in [1.54, 1.807) is 6.07 Å². The van der Waals surface area contributed by atoms with Crippen molar-refractivity contribution in [3.63, 3.8) is 0 Å². The van der Waals surface area contributed by atoms with Crippen molar-refractivity contribution in [3.05, 3.63) is 71.3 Å². The number of ether oxygens (including phenoxy) is 1. The van der Waals surface area contributed by atoms with Gasteiger partial charge in [-0.05, 0) is 30.5 Å². The van der Waals surface area contributed by atoms with Gasteiger partial charge in [-0.1, -0.05) is 42.5 Å². The molecule has 2 aromatic rings. The first-order chi connectivity index (χ1) is 12.1. The number of hydrogen-bond acceptors (Lipinski definition) is 2. The predicted molar refractivity (Wildman–Crippen MR) is 91.6 cm³/mol. The van der Waals surface area contributed by atoms with Crippen molar-refractivity contribution in [2.45, 2.75) is 25.4 Å². The molecule has 1 N–H and O–H groups in total. The zero-order chi connectivity index (χ0) is 17.6. The molecule has 0 spiro atoms. The van der Waals surface area contributed by atoms with Gasteiger partial charge < -0.3 is 10.1 Å². The lowest BCUT2D eigenvalue weighted by molar-refractivity contribution is -0.0272. The van der Waals surface area contributed by atoms with Crippen LogP contribution in [0.1, 0.15) is 46.9 Å². The number of carbonyl (C=O) groups is 1. The first-order valence-corrected chi connectivity index (χ1v) is 8.48. The summed E-state index contributed by atoms with van der Waals surface area (Å²) in [5, 5.41) is 2.87. The molecule has 1 fully saturated rings. The van der Waals surface area contributed by atoms with Crippen molar-refractivity contribution in [2.75, 3.05) is 13.2 Å². The molecule has 1 saturated heterocycles. The highest BCUT2D eigenvalue weighted by atomic mass is 19.3. The Kier molecular flexibility index (Phi) is 5.76. The van der Waals surface area contributed by atoms with Crippen LogP contribution < -0.4 is 5.32 Å². The van der Waals surface area contributed by atoms with Gasteiger partial charge in [0, 0.05) is 30.2 Å². The van der Waals surface area contributed by atoms with Gasteiger partial charge >= 0.3 is 0 Å². The molecule has 0 aromatic heterocycles. The number of hydrogen-bond donors (Lipinski definition) is 1. The summed E-state index contributed by atoms with van der Waals surface area (Å²) >= 11 is 0. The van der Waals surface area contributed by atoms with Gasteiger partial charge in [0.2, 0.25) is 0 Å². The molecule has 0 bridgehead atoms. The van der Waals surface area contributed by atoms with Crippen LogP contribution >= 0.6 is 0 Å². The van der Waals surface area contributed by atoms with Gasteiger partial charge in [-0.15, -0.1) is 0 Å². The molecule has 3 rings (SSSR count). The van der Waals surface area contributed by atoms with Crippen LogP contribution in [0.3, 0.4) is 0 Å². The van der Waals surface area contributed by atoms with E-state index in [0.717, 1.165) is 18.4 Å². The second-order valence-corrected chi connectivity index (χ2v) is 6.24. The Morgan fingerprint density at radius 3 is 2.72 bits per heavy atom. The molecule has 1 aliphatic heterocycles. The quantitative estimate of drug-likeness (QED) is 0.865. The summed E-state index contributed by atoms with van der Waals surface area (Å²) in [5.74, 6) is -0.168. The molecule has 3 nitrogen and oxygen atoms in total. The summed E-state index contributed by atoms with van der Waals surface area (Å²) in [6.45, 7) is 1.16. The maximum Gasteiger partial charge on any atom is 0.263 e. The van der Waals surface area contributed by atoms with E-state index in [-0.39, 0.29) is 29.1 Å². The first-order valence-electron chi connectivity index (χ1n) is 8.48. The number of amides is 1. The van der Waals surface area contributed by atoms with Crippen LogP contribution in [0, 0.1) is 5.92 Å². The number of halogens is 2. The molecule has 0 aliphatic carbocycles. The maximum absolute atomic E-state index is 12.8. The molecule has 132 valence electrons. The summed E-state index contributed by atoms with van der Waals surface area (Å²) < 4.78 is 31.5. The monoisotopic (exact) mass is 345 g/mol. The summed E-state index contributed by atoms with van der Waals surface area (Å²) in [4.78, 5) is 12.3. The predicted octanol–water partition coefficient (Wildman–Crippen LogP) is 4.52. The highest BCUT2D eigenvalue weighted by Gasteiger charge is 2.27. The molecule has 1 aliphatic rings. The lowest BCUT2D eigenvalue weighted by Crippen LogP contribution is -2.35. The minimum absolute atomic E-state index is 0.0531. The van der Waals surface area contributed by atoms with Crippen LogP contribution in [-0.2, 0) is 4.74 Å². The van der Waals surface area contributed by atoms with Crippen LogP contribution in [0.15, 0.2) is 54.6 Å². The van der Waals surface area contributed by atoms with Crippen LogP contribution in [0.4, 0.5) is 8.78 Å². The molecule has 0 unspecified atom stereocenters. The summed E-state index contributed by atoms with van der Waals surface area (Å²) in [6.07, 6.45) is -0.730. The lowest BCUT2D eigenvalue weighted by atomic mass is 9.89. The van der Waals surface area contributed by atoms with Gasteiger partial charge in [0.15, 0.2) is 0 Å². The highest BCUT2D eigenvalue weighted by molar-refractivity contribution is 5.94. The van der Waals surface area contributed by atoms with Gasteiger partial charge in [0.1, 0.15) is 0 Å². The Bertz CT molecular complexity index is 706. The third kappa shape index (κ3) is 4.42. The summed E-state index contributed by atoms with van der Waals surface area (Å²) in [5.41, 5.74) is 1.21. The van der Waals surface area contributed by atoms with Crippen molar-refractivity contribution in [2.24, 2.45) is 5.92 Å². The average molecular weight is 345 g/mol. The van der Waals surface area contributed by atoms with E-state index in [1.807, 2.05) is 30.3 Å². The normalized spacial score (nSPS) is 20.4. The van der Waals surface area contributed by atoms with Crippen molar-refractivity contribution < 1.29 is 18.3 Å². The Morgan fingerprint density at radius 1 is 1.16 bits per heavy atom. The van der Waals surface area contributed by atoms with E-state index in [4.69, 9.17) is 4.74 Å². The molecule has 2 atom stereocenters. The van der Waals surface area contributed by atoms with E-state index in [9.17, 15) is 13.6 Å². The smallest absolute Gasteiger partial charge is 0.263 e. The van der Waals surface area contributed by atoms with Crippen LogP contribution in [0.5, 0.6) is 0 Å². The van der Waals surface area contributed by atoms with Gasteiger partial charge in [-0.2, -0.15) is 0 Å². The van der Waals surface area contributed by atoms with E-state index in [0.29, 0.717) is 13.2 Å². The lowest BCUT2D eigenvalue weighted by Gasteiger charge is -2.32. The van der Waals surface area contributed by atoms with Gasteiger partial charge in [0.05, 0.1) is 6.10 Å². The minimum Gasteiger partial charge on any atom is -0.373 e. The molecule has 0 radical (unpaired) electrons. The summed E-state index contributed by atoms with van der Waals surface area (Å²) in [7, 11) is 0. The number of rotatable bonds is 5. The average Bonchev–Trinajstić information content (AvgIpc) is 2.67. The zero-order valence-electron chi connectivity index (χ0n) is 13.8. The second-order valence-electron chi connectivity index (χ2n) is 6.24. The largest absolute Gasteiger partial charge is 0.373 e.